The van der Waals surface area contributed by atoms with Gasteiger partial charge in [-0.25, -0.2) is 0 Å². The molecule has 0 radical (unpaired) electrons. The van der Waals surface area contributed by atoms with E-state index in [9.17, 15) is 25.2 Å². The molecule has 1 fully saturated rings. The highest BCUT2D eigenvalue weighted by molar-refractivity contribution is 5.66. The lowest BCUT2D eigenvalue weighted by Crippen LogP contribution is -2.59. The molecule has 0 amide bonds. The quantitative estimate of drug-likeness (QED) is 0.185. The van der Waals surface area contributed by atoms with E-state index in [1.165, 1.54) is 51.4 Å². The van der Waals surface area contributed by atoms with Crippen molar-refractivity contribution in [2.75, 3.05) is 6.61 Å². The third kappa shape index (κ3) is 11.9. The van der Waals surface area contributed by atoms with Crippen molar-refractivity contribution in [2.45, 2.75) is 140 Å². The van der Waals surface area contributed by atoms with Gasteiger partial charge in [0.15, 0.2) is 6.29 Å². The second kappa shape index (κ2) is 17.7. The summed E-state index contributed by atoms with van der Waals surface area (Å²) in [5, 5.41) is 48.3. The van der Waals surface area contributed by atoms with E-state index >= 15 is 0 Å². The van der Waals surface area contributed by atoms with Crippen LogP contribution < -0.4 is 0 Å². The average Bonchev–Trinajstić information content (AvgIpc) is 2.77. The van der Waals surface area contributed by atoms with Gasteiger partial charge in [0.1, 0.15) is 24.4 Å². The van der Waals surface area contributed by atoms with E-state index < -0.39 is 43.3 Å². The topological polar surface area (TPSA) is 137 Å². The van der Waals surface area contributed by atoms with Crippen LogP contribution in [0.4, 0.5) is 0 Å². The monoisotopic (exact) mass is 462 g/mol. The minimum absolute atomic E-state index is 0.102. The maximum atomic E-state index is 10.8. The molecule has 0 aromatic heterocycles. The number of aliphatic hydroxyl groups excluding tert-OH is 4. The van der Waals surface area contributed by atoms with Gasteiger partial charge in [-0.3, -0.25) is 4.79 Å². The first kappa shape index (κ1) is 29.3. The molecule has 0 bridgehead atoms. The molecule has 1 saturated heterocycles. The summed E-state index contributed by atoms with van der Waals surface area (Å²) in [6.45, 7) is 1.73. The molecule has 6 atom stereocenters. The van der Waals surface area contributed by atoms with Gasteiger partial charge >= 0.3 is 5.97 Å². The van der Waals surface area contributed by atoms with Crippen molar-refractivity contribution < 1.29 is 39.8 Å². The Labute approximate surface area is 192 Å². The van der Waals surface area contributed by atoms with Crippen molar-refractivity contribution >= 4 is 5.97 Å². The van der Waals surface area contributed by atoms with Crippen molar-refractivity contribution in [1.29, 1.82) is 0 Å². The van der Waals surface area contributed by atoms with Gasteiger partial charge in [0, 0.05) is 6.42 Å². The molecule has 190 valence electrons. The van der Waals surface area contributed by atoms with Crippen molar-refractivity contribution in [3.05, 3.63) is 0 Å². The molecule has 0 unspecified atom stereocenters. The zero-order valence-corrected chi connectivity index (χ0v) is 19.7. The number of carbonyl (C=O) groups is 1. The van der Waals surface area contributed by atoms with E-state index in [1.807, 2.05) is 0 Å². The minimum Gasteiger partial charge on any atom is -0.481 e. The standard InChI is InChI=1S/C24H46O8/c1-2-3-4-5-6-7-8-9-10-11-14-18(15-12-13-16-20(26)27)31-24-23(30)22(29)21(28)19(17-25)32-24/h18-19,21-25,28-30H,2-17H2,1H3,(H,26,27)/t18-,19+,21+,22-,23+,24+/m0/s1. The van der Waals surface area contributed by atoms with Gasteiger partial charge in [0.25, 0.3) is 0 Å². The zero-order valence-electron chi connectivity index (χ0n) is 19.7. The Morgan fingerprint density at radius 1 is 0.812 bits per heavy atom. The molecule has 0 spiro atoms. The number of carboxylic acid groups (broad SMARTS) is 1. The highest BCUT2D eigenvalue weighted by Crippen LogP contribution is 2.26. The summed E-state index contributed by atoms with van der Waals surface area (Å²) in [6.07, 6.45) is 8.25. The molecule has 1 heterocycles. The Balaban J connectivity index is 2.41. The Morgan fingerprint density at radius 3 is 1.88 bits per heavy atom. The van der Waals surface area contributed by atoms with E-state index in [2.05, 4.69) is 6.92 Å². The molecule has 1 aliphatic rings. The second-order valence-corrected chi connectivity index (χ2v) is 9.07. The zero-order chi connectivity index (χ0) is 23.8. The van der Waals surface area contributed by atoms with E-state index in [4.69, 9.17) is 14.6 Å². The summed E-state index contributed by atoms with van der Waals surface area (Å²) >= 11 is 0. The highest BCUT2D eigenvalue weighted by atomic mass is 16.7. The average molecular weight is 463 g/mol. The largest absolute Gasteiger partial charge is 0.481 e. The number of aliphatic hydroxyl groups is 4. The number of aliphatic carboxylic acids is 1. The maximum Gasteiger partial charge on any atom is 0.303 e. The fourth-order valence-corrected chi connectivity index (χ4v) is 4.16. The van der Waals surface area contributed by atoms with Crippen molar-refractivity contribution in [1.82, 2.24) is 0 Å². The Bertz CT molecular complexity index is 473. The van der Waals surface area contributed by atoms with Crippen LogP contribution in [-0.2, 0) is 14.3 Å². The van der Waals surface area contributed by atoms with Crippen molar-refractivity contribution in [3.8, 4) is 0 Å². The van der Waals surface area contributed by atoms with Gasteiger partial charge in [-0.15, -0.1) is 0 Å². The van der Waals surface area contributed by atoms with Crippen LogP contribution in [-0.4, -0.2) is 74.9 Å². The van der Waals surface area contributed by atoms with Crippen LogP contribution in [0.2, 0.25) is 0 Å². The molecule has 0 aromatic rings. The highest BCUT2D eigenvalue weighted by Gasteiger charge is 2.44. The third-order valence-corrected chi connectivity index (χ3v) is 6.22. The predicted octanol–water partition coefficient (Wildman–Crippen LogP) is 3.13. The predicted molar refractivity (Wildman–Crippen MR) is 121 cm³/mol. The van der Waals surface area contributed by atoms with Gasteiger partial charge in [-0.1, -0.05) is 77.6 Å². The van der Waals surface area contributed by atoms with Gasteiger partial charge in [-0.05, 0) is 19.3 Å². The second-order valence-electron chi connectivity index (χ2n) is 9.07. The summed E-state index contributed by atoms with van der Waals surface area (Å²) < 4.78 is 11.4. The Hall–Kier alpha value is -0.770. The number of rotatable bonds is 19. The fourth-order valence-electron chi connectivity index (χ4n) is 4.16. The van der Waals surface area contributed by atoms with E-state index in [1.54, 1.807) is 0 Å². The summed E-state index contributed by atoms with van der Waals surface area (Å²) in [5.74, 6) is -0.828. The van der Waals surface area contributed by atoms with E-state index in [0.29, 0.717) is 19.3 Å². The molecule has 5 N–H and O–H groups in total. The molecule has 0 saturated carbocycles. The van der Waals surface area contributed by atoms with Gasteiger partial charge in [-0.2, -0.15) is 0 Å². The van der Waals surface area contributed by atoms with Crippen LogP contribution in [0.3, 0.4) is 0 Å². The normalized spacial score (nSPS) is 26.8. The first-order valence-corrected chi connectivity index (χ1v) is 12.6. The first-order valence-electron chi connectivity index (χ1n) is 12.6. The summed E-state index contributed by atoms with van der Waals surface area (Å²) in [4.78, 5) is 10.8. The maximum absolute atomic E-state index is 10.8. The van der Waals surface area contributed by atoms with E-state index in [-0.39, 0.29) is 12.5 Å². The Kier molecular flexibility index (Phi) is 16.2. The smallest absolute Gasteiger partial charge is 0.303 e. The molecule has 1 rings (SSSR count). The minimum atomic E-state index is -1.46. The van der Waals surface area contributed by atoms with Crippen molar-refractivity contribution in [2.24, 2.45) is 0 Å². The lowest BCUT2D eigenvalue weighted by atomic mass is 9.98. The van der Waals surface area contributed by atoms with Crippen LogP contribution in [0.5, 0.6) is 0 Å². The third-order valence-electron chi connectivity index (χ3n) is 6.22. The molecule has 0 aromatic carbocycles. The molecule has 0 aliphatic carbocycles. The molecular formula is C24H46O8. The number of unbranched alkanes of at least 4 members (excludes halogenated alkanes) is 10. The van der Waals surface area contributed by atoms with Crippen LogP contribution in [0.15, 0.2) is 0 Å². The number of ether oxygens (including phenoxy) is 2. The van der Waals surface area contributed by atoms with Crippen LogP contribution in [0.25, 0.3) is 0 Å². The van der Waals surface area contributed by atoms with Crippen LogP contribution >= 0.6 is 0 Å². The number of hydrogen-bond donors (Lipinski definition) is 5. The first-order chi connectivity index (χ1) is 15.4. The number of carboxylic acids is 1. The summed E-state index contributed by atoms with van der Waals surface area (Å²) in [5.41, 5.74) is 0. The lowest BCUT2D eigenvalue weighted by molar-refractivity contribution is -0.312. The molecule has 32 heavy (non-hydrogen) atoms. The summed E-state index contributed by atoms with van der Waals surface area (Å²) in [7, 11) is 0. The lowest BCUT2D eigenvalue weighted by Gasteiger charge is -2.41. The van der Waals surface area contributed by atoms with Crippen molar-refractivity contribution in [3.63, 3.8) is 0 Å². The molecule has 8 heteroatoms. The Morgan fingerprint density at radius 2 is 1.34 bits per heavy atom. The fraction of sp³-hybridized carbons (Fsp3) is 0.958. The molecular weight excluding hydrogens is 416 g/mol. The molecule has 1 aliphatic heterocycles. The molecule has 8 nitrogen and oxygen atoms in total. The SMILES string of the molecule is CCCCCCCCCCCC[C@@H](CCCCC(=O)O)O[C@@H]1O[C@H](CO)[C@@H](O)[C@H](O)[C@H]1O. The van der Waals surface area contributed by atoms with Gasteiger partial charge < -0.3 is 35.0 Å². The number of hydrogen-bond acceptors (Lipinski definition) is 7. The van der Waals surface area contributed by atoms with E-state index in [0.717, 1.165) is 19.3 Å². The van der Waals surface area contributed by atoms with Crippen LogP contribution in [0, 0.1) is 0 Å². The summed E-state index contributed by atoms with van der Waals surface area (Å²) in [6, 6.07) is 0. The van der Waals surface area contributed by atoms with Gasteiger partial charge in [0.05, 0.1) is 12.7 Å². The van der Waals surface area contributed by atoms with Crippen LogP contribution in [0.1, 0.15) is 103 Å². The van der Waals surface area contributed by atoms with Gasteiger partial charge in [0.2, 0.25) is 0 Å².